The van der Waals surface area contributed by atoms with Gasteiger partial charge in [0.25, 0.3) is 0 Å². The van der Waals surface area contributed by atoms with Gasteiger partial charge in [-0.25, -0.2) is 19.6 Å². The molecule has 0 fully saturated rings. The topological polar surface area (TPSA) is 156 Å². The fourth-order valence-electron chi connectivity index (χ4n) is 5.13. The van der Waals surface area contributed by atoms with Gasteiger partial charge in [-0.15, -0.1) is 11.3 Å². The number of Topliss-reactive ketones (excluding diaryl/α,β-unsaturated/α-hetero) is 2. The molecule has 13 heteroatoms. The first-order chi connectivity index (χ1) is 20.6. The molecule has 2 amide bonds. The Balaban J connectivity index is 1.29. The standard InChI is InChI=1S/C31H36N4O8S/c1-16-17(2)26(38)24(18(3)25(16)37)31(4,5)14-23(36)34(6)11-8-12-35(7)30(41)43-19-9-10-20-22(13-19)44-28(33-20)27-32-21(15-42-27)29(39)40/h9-10,13,21H,8,11-12,14-15H2,1-7H3,(H,39,40)/t21-/m1/s1. The zero-order valence-electron chi connectivity index (χ0n) is 25.8. The van der Waals surface area contributed by atoms with Crippen LogP contribution in [0, 0.1) is 5.41 Å². The largest absolute Gasteiger partial charge is 0.480 e. The molecule has 1 aromatic heterocycles. The van der Waals surface area contributed by atoms with E-state index in [0.29, 0.717) is 62.8 Å². The number of rotatable bonds is 10. The van der Waals surface area contributed by atoms with Crippen LogP contribution in [0.2, 0.25) is 0 Å². The lowest BCUT2D eigenvalue weighted by Crippen LogP contribution is -2.37. The number of aliphatic carboxylic acids is 1. The van der Waals surface area contributed by atoms with Crippen LogP contribution in [0.5, 0.6) is 5.75 Å². The van der Waals surface area contributed by atoms with E-state index in [-0.39, 0.29) is 36.4 Å². The minimum atomic E-state index is -1.07. The number of nitrogens with zero attached hydrogens (tertiary/aromatic N) is 4. The highest BCUT2D eigenvalue weighted by Crippen LogP contribution is 2.39. The average Bonchev–Trinajstić information content (AvgIpc) is 3.62. The van der Waals surface area contributed by atoms with Crippen molar-refractivity contribution in [3.05, 3.63) is 45.5 Å². The number of allylic oxidation sites excluding steroid dienone is 4. The second-order valence-electron chi connectivity index (χ2n) is 11.7. The number of carboxylic acid groups (broad SMARTS) is 1. The first kappa shape index (κ1) is 32.5. The summed E-state index contributed by atoms with van der Waals surface area (Å²) in [5, 5.41) is 9.56. The van der Waals surface area contributed by atoms with Crippen LogP contribution in [-0.4, -0.2) is 95.2 Å². The van der Waals surface area contributed by atoms with E-state index >= 15 is 0 Å². The van der Waals surface area contributed by atoms with Crippen LogP contribution in [0.3, 0.4) is 0 Å². The summed E-state index contributed by atoms with van der Waals surface area (Å²) < 4.78 is 11.6. The Morgan fingerprint density at radius 2 is 1.70 bits per heavy atom. The van der Waals surface area contributed by atoms with Crippen molar-refractivity contribution in [2.45, 2.75) is 53.5 Å². The predicted octanol–water partition coefficient (Wildman–Crippen LogP) is 4.03. The zero-order valence-corrected chi connectivity index (χ0v) is 26.7. The number of carbonyl (C=O) groups is 5. The van der Waals surface area contributed by atoms with Crippen molar-refractivity contribution in [1.29, 1.82) is 0 Å². The van der Waals surface area contributed by atoms with Crippen LogP contribution in [0.15, 0.2) is 45.5 Å². The highest BCUT2D eigenvalue weighted by atomic mass is 32.1. The number of hydrogen-bond acceptors (Lipinski definition) is 10. The van der Waals surface area contributed by atoms with Crippen LogP contribution in [0.25, 0.3) is 10.2 Å². The third kappa shape index (κ3) is 6.72. The summed E-state index contributed by atoms with van der Waals surface area (Å²) in [6, 6.07) is 4.02. The molecular formula is C31H36N4O8S. The minimum absolute atomic E-state index is 0.0455. The fraction of sp³-hybridized carbons (Fsp3) is 0.452. The maximum atomic E-state index is 13.1. The van der Waals surface area contributed by atoms with Crippen molar-refractivity contribution in [2.24, 2.45) is 10.4 Å². The summed E-state index contributed by atoms with van der Waals surface area (Å²) >= 11 is 1.25. The van der Waals surface area contributed by atoms with E-state index in [0.717, 1.165) is 0 Å². The monoisotopic (exact) mass is 624 g/mol. The van der Waals surface area contributed by atoms with E-state index in [9.17, 15) is 24.0 Å². The number of benzene rings is 1. The summed E-state index contributed by atoms with van der Waals surface area (Å²) in [4.78, 5) is 74.0. The first-order valence-electron chi connectivity index (χ1n) is 14.1. The molecule has 1 atom stereocenters. The quantitative estimate of drug-likeness (QED) is 0.386. The van der Waals surface area contributed by atoms with Crippen LogP contribution in [0.4, 0.5) is 4.79 Å². The Hall–Kier alpha value is -4.39. The van der Waals surface area contributed by atoms with Gasteiger partial charge in [0.15, 0.2) is 22.6 Å². The van der Waals surface area contributed by atoms with E-state index in [4.69, 9.17) is 14.6 Å². The van der Waals surface area contributed by atoms with Crippen molar-refractivity contribution < 1.29 is 38.6 Å². The number of amides is 2. The second-order valence-corrected chi connectivity index (χ2v) is 12.7. The highest BCUT2D eigenvalue weighted by Gasteiger charge is 2.38. The summed E-state index contributed by atoms with van der Waals surface area (Å²) in [5.74, 6) is -1.10. The van der Waals surface area contributed by atoms with Crippen LogP contribution >= 0.6 is 11.3 Å². The maximum Gasteiger partial charge on any atom is 0.414 e. The van der Waals surface area contributed by atoms with Crippen LogP contribution < -0.4 is 4.74 Å². The summed E-state index contributed by atoms with van der Waals surface area (Å²) in [6.45, 7) is 9.19. The number of ketones is 2. The van der Waals surface area contributed by atoms with Gasteiger partial charge in [0.05, 0.1) is 10.2 Å². The number of fused-ring (bicyclic) bond motifs is 1. The maximum absolute atomic E-state index is 13.1. The summed E-state index contributed by atoms with van der Waals surface area (Å²) in [6.07, 6.45) is -0.0232. The molecule has 0 bridgehead atoms. The van der Waals surface area contributed by atoms with Crippen molar-refractivity contribution in [2.75, 3.05) is 33.8 Å². The minimum Gasteiger partial charge on any atom is -0.480 e. The molecule has 2 aromatic rings. The first-order valence-corrected chi connectivity index (χ1v) is 14.9. The number of hydrogen-bond donors (Lipinski definition) is 1. The number of carbonyl (C=O) groups excluding carboxylic acids is 4. The molecule has 4 rings (SSSR count). The molecule has 0 saturated heterocycles. The van der Waals surface area contributed by atoms with Gasteiger partial charge >= 0.3 is 12.1 Å². The van der Waals surface area contributed by atoms with Crippen molar-refractivity contribution in [1.82, 2.24) is 14.8 Å². The SMILES string of the molecule is CC1=C(C)C(=O)C(C(C)(C)CC(=O)N(C)CCCN(C)C(=O)Oc2ccc3nc(C4=N[C@@H](C(=O)O)CO4)sc3c2)=C(C)C1=O. The molecule has 1 aromatic carbocycles. The lowest BCUT2D eigenvalue weighted by Gasteiger charge is -2.32. The normalized spacial score (nSPS) is 17.2. The molecule has 1 aliphatic carbocycles. The lowest BCUT2D eigenvalue weighted by molar-refractivity contribution is -0.138. The number of thiazole rings is 1. The van der Waals surface area contributed by atoms with Crippen LogP contribution in [0.1, 0.15) is 52.5 Å². The van der Waals surface area contributed by atoms with E-state index in [1.807, 2.05) is 0 Å². The van der Waals surface area contributed by atoms with Gasteiger partial charge in [-0.3, -0.25) is 14.4 Å². The molecule has 2 heterocycles. The highest BCUT2D eigenvalue weighted by molar-refractivity contribution is 7.20. The molecule has 0 unspecified atom stereocenters. The van der Waals surface area contributed by atoms with Gasteiger partial charge in [-0.05, 0) is 39.3 Å². The second kappa shape index (κ2) is 12.7. The number of carboxylic acids is 1. The molecule has 234 valence electrons. The molecule has 0 spiro atoms. The molecule has 1 N–H and O–H groups in total. The Labute approximate surface area is 259 Å². The molecule has 2 aliphatic rings. The van der Waals surface area contributed by atoms with E-state index < -0.39 is 23.5 Å². The molecule has 1 aliphatic heterocycles. The Morgan fingerprint density at radius 1 is 1.05 bits per heavy atom. The molecule has 0 radical (unpaired) electrons. The smallest absolute Gasteiger partial charge is 0.414 e. The number of aromatic nitrogens is 1. The van der Waals surface area contributed by atoms with Gasteiger partial charge in [0, 0.05) is 67.4 Å². The number of aliphatic imine (C=N–C) groups is 1. The van der Waals surface area contributed by atoms with Crippen molar-refractivity contribution in [3.8, 4) is 5.75 Å². The lowest BCUT2D eigenvalue weighted by atomic mass is 9.71. The Bertz CT molecular complexity index is 1650. The van der Waals surface area contributed by atoms with Crippen molar-refractivity contribution in [3.63, 3.8) is 0 Å². The van der Waals surface area contributed by atoms with Gasteiger partial charge < -0.3 is 24.4 Å². The summed E-state index contributed by atoms with van der Waals surface area (Å²) in [7, 11) is 3.27. The van der Waals surface area contributed by atoms with Gasteiger partial charge in [0.2, 0.25) is 11.8 Å². The van der Waals surface area contributed by atoms with E-state index in [1.54, 1.807) is 71.8 Å². The van der Waals surface area contributed by atoms with Gasteiger partial charge in [-0.2, -0.15) is 0 Å². The average molecular weight is 625 g/mol. The Kier molecular flexibility index (Phi) is 9.38. The predicted molar refractivity (Wildman–Crippen MR) is 164 cm³/mol. The van der Waals surface area contributed by atoms with E-state index in [1.165, 1.54) is 16.2 Å². The fourth-order valence-corrected chi connectivity index (χ4v) is 6.07. The molecule has 12 nitrogen and oxygen atoms in total. The molecular weight excluding hydrogens is 588 g/mol. The Morgan fingerprint density at radius 3 is 2.36 bits per heavy atom. The van der Waals surface area contributed by atoms with Crippen molar-refractivity contribution >= 4 is 57.0 Å². The van der Waals surface area contributed by atoms with Gasteiger partial charge in [0.1, 0.15) is 12.4 Å². The third-order valence-corrected chi connectivity index (χ3v) is 8.87. The van der Waals surface area contributed by atoms with E-state index in [2.05, 4.69) is 9.98 Å². The third-order valence-electron chi connectivity index (χ3n) is 7.86. The zero-order chi connectivity index (χ0) is 32.5. The number of ether oxygens (including phenoxy) is 2. The van der Waals surface area contributed by atoms with Crippen LogP contribution in [-0.2, 0) is 23.9 Å². The molecule has 44 heavy (non-hydrogen) atoms. The summed E-state index contributed by atoms with van der Waals surface area (Å²) in [5.41, 5.74) is 1.43. The van der Waals surface area contributed by atoms with Gasteiger partial charge in [-0.1, -0.05) is 13.8 Å². The molecule has 0 saturated carbocycles.